The van der Waals surface area contributed by atoms with Crippen LogP contribution in [0.3, 0.4) is 0 Å². The van der Waals surface area contributed by atoms with Crippen LogP contribution in [0.1, 0.15) is 32.1 Å². The average molecular weight is 321 g/mol. The summed E-state index contributed by atoms with van der Waals surface area (Å²) >= 11 is 0. The van der Waals surface area contributed by atoms with Crippen LogP contribution in [0.5, 0.6) is 0 Å². The molecule has 1 heterocycles. The molecule has 1 aromatic carbocycles. The summed E-state index contributed by atoms with van der Waals surface area (Å²) in [7, 11) is -0.476. The van der Waals surface area contributed by atoms with Gasteiger partial charge in [0.25, 0.3) is 0 Å². The van der Waals surface area contributed by atoms with E-state index in [4.69, 9.17) is 4.42 Å². The Bertz CT molecular complexity index is 809. The molecular formula is C15H19N3O3S. The van der Waals surface area contributed by atoms with Gasteiger partial charge in [-0.25, -0.2) is 12.7 Å². The topological polar surface area (TPSA) is 76.3 Å². The molecule has 1 saturated carbocycles. The molecule has 6 nitrogen and oxygen atoms in total. The molecule has 1 aromatic heterocycles. The zero-order chi connectivity index (χ0) is 16.1. The molecule has 0 amide bonds. The molecule has 0 bridgehead atoms. The molecule has 0 radical (unpaired) electrons. The smallest absolute Gasteiger partial charge is 0.247 e. The fourth-order valence-corrected chi connectivity index (χ4v) is 3.33. The van der Waals surface area contributed by atoms with E-state index in [1.54, 1.807) is 24.3 Å². The predicted octanol–water partition coefficient (Wildman–Crippen LogP) is 2.50. The molecule has 7 heteroatoms. The first kappa shape index (κ1) is 15.2. The Kier molecular flexibility index (Phi) is 3.37. The van der Waals surface area contributed by atoms with Crippen LogP contribution >= 0.6 is 0 Å². The molecule has 118 valence electrons. The molecule has 1 aliphatic rings. The highest BCUT2D eigenvalue weighted by Crippen LogP contribution is 2.58. The first-order valence-corrected chi connectivity index (χ1v) is 8.52. The third kappa shape index (κ3) is 2.55. The highest BCUT2D eigenvalue weighted by atomic mass is 32.2. The Morgan fingerprint density at radius 1 is 1.27 bits per heavy atom. The quantitative estimate of drug-likeness (QED) is 0.865. The van der Waals surface area contributed by atoms with Crippen molar-refractivity contribution in [1.29, 1.82) is 0 Å². The summed E-state index contributed by atoms with van der Waals surface area (Å²) in [5.41, 5.74) is 0.819. The molecule has 0 unspecified atom stereocenters. The Balaban J connectivity index is 1.94. The van der Waals surface area contributed by atoms with Crippen molar-refractivity contribution >= 4 is 10.0 Å². The second kappa shape index (κ2) is 4.89. The average Bonchev–Trinajstić information content (AvgIpc) is 2.89. The normalized spacial score (nSPS) is 20.3. The lowest BCUT2D eigenvalue weighted by Crippen LogP contribution is -2.22. The first-order valence-electron chi connectivity index (χ1n) is 7.08. The molecule has 0 N–H and O–H groups in total. The second-order valence-corrected chi connectivity index (χ2v) is 8.66. The van der Waals surface area contributed by atoms with Crippen molar-refractivity contribution in [3.8, 4) is 11.5 Å². The van der Waals surface area contributed by atoms with Gasteiger partial charge in [-0.05, 0) is 30.0 Å². The van der Waals surface area contributed by atoms with Crippen molar-refractivity contribution in [2.45, 2.75) is 31.1 Å². The molecule has 2 aromatic rings. The maximum Gasteiger partial charge on any atom is 0.247 e. The van der Waals surface area contributed by atoms with Crippen LogP contribution in [0.25, 0.3) is 11.5 Å². The van der Waals surface area contributed by atoms with Crippen LogP contribution in [0.15, 0.2) is 33.6 Å². The molecule has 0 aliphatic heterocycles. The number of rotatable bonds is 4. The monoisotopic (exact) mass is 321 g/mol. The van der Waals surface area contributed by atoms with Crippen molar-refractivity contribution in [3.05, 3.63) is 30.2 Å². The van der Waals surface area contributed by atoms with E-state index in [1.807, 2.05) is 0 Å². The molecule has 3 rings (SSSR count). The first-order chi connectivity index (χ1) is 10.2. The van der Waals surface area contributed by atoms with Gasteiger partial charge in [-0.2, -0.15) is 0 Å². The van der Waals surface area contributed by atoms with E-state index >= 15 is 0 Å². The van der Waals surface area contributed by atoms with Crippen LogP contribution < -0.4 is 0 Å². The predicted molar refractivity (Wildman–Crippen MR) is 81.7 cm³/mol. The second-order valence-electron chi connectivity index (χ2n) is 6.51. The van der Waals surface area contributed by atoms with Gasteiger partial charge in [0.15, 0.2) is 0 Å². The van der Waals surface area contributed by atoms with Gasteiger partial charge in [0, 0.05) is 25.6 Å². The SMILES string of the molecule is CN(C)S(=O)(=O)c1cccc(-c2nnc([C@H]3CC3(C)C)o2)c1. The summed E-state index contributed by atoms with van der Waals surface area (Å²) in [4.78, 5) is 0.210. The van der Waals surface area contributed by atoms with Crippen LogP contribution in [-0.2, 0) is 10.0 Å². The van der Waals surface area contributed by atoms with E-state index in [9.17, 15) is 8.42 Å². The standard InChI is InChI=1S/C15H19N3O3S/c1-15(2)9-12(15)14-17-16-13(21-14)10-6-5-7-11(8-10)22(19,20)18(3)4/h5-8,12H,9H2,1-4H3/t12-/m1/s1. The number of hydrogen-bond donors (Lipinski definition) is 0. The fourth-order valence-electron chi connectivity index (χ4n) is 2.38. The number of aromatic nitrogens is 2. The highest BCUT2D eigenvalue weighted by molar-refractivity contribution is 7.89. The van der Waals surface area contributed by atoms with Crippen molar-refractivity contribution in [2.24, 2.45) is 5.41 Å². The Morgan fingerprint density at radius 2 is 1.95 bits per heavy atom. The lowest BCUT2D eigenvalue weighted by Gasteiger charge is -2.11. The van der Waals surface area contributed by atoms with E-state index in [0.29, 0.717) is 23.3 Å². The molecular weight excluding hydrogens is 302 g/mol. The molecule has 0 saturated heterocycles. The summed E-state index contributed by atoms with van der Waals surface area (Å²) in [6, 6.07) is 6.56. The summed E-state index contributed by atoms with van der Waals surface area (Å²) in [6.45, 7) is 4.32. The third-order valence-electron chi connectivity index (χ3n) is 4.11. The largest absolute Gasteiger partial charge is 0.420 e. The van der Waals surface area contributed by atoms with Gasteiger partial charge in [-0.1, -0.05) is 19.9 Å². The van der Waals surface area contributed by atoms with E-state index in [0.717, 1.165) is 6.42 Å². The number of hydrogen-bond acceptors (Lipinski definition) is 5. The van der Waals surface area contributed by atoms with Crippen molar-refractivity contribution in [2.75, 3.05) is 14.1 Å². The van der Waals surface area contributed by atoms with E-state index in [2.05, 4.69) is 24.0 Å². The maximum absolute atomic E-state index is 12.2. The van der Waals surface area contributed by atoms with Gasteiger partial charge in [-0.15, -0.1) is 10.2 Å². The number of benzene rings is 1. The van der Waals surface area contributed by atoms with Gasteiger partial charge in [-0.3, -0.25) is 0 Å². The van der Waals surface area contributed by atoms with Crippen LogP contribution in [0, 0.1) is 5.41 Å². The van der Waals surface area contributed by atoms with Crippen molar-refractivity contribution < 1.29 is 12.8 Å². The minimum atomic E-state index is -3.48. The lowest BCUT2D eigenvalue weighted by atomic mass is 10.1. The van der Waals surface area contributed by atoms with Crippen molar-refractivity contribution in [3.63, 3.8) is 0 Å². The number of nitrogens with zero attached hydrogens (tertiary/aromatic N) is 3. The van der Waals surface area contributed by atoms with Gasteiger partial charge < -0.3 is 4.42 Å². The highest BCUT2D eigenvalue weighted by Gasteiger charge is 2.50. The molecule has 1 atom stereocenters. The van der Waals surface area contributed by atoms with Gasteiger partial charge >= 0.3 is 0 Å². The Hall–Kier alpha value is -1.73. The van der Waals surface area contributed by atoms with E-state index in [1.165, 1.54) is 18.4 Å². The van der Waals surface area contributed by atoms with Crippen LogP contribution in [0.4, 0.5) is 0 Å². The van der Waals surface area contributed by atoms with E-state index in [-0.39, 0.29) is 10.3 Å². The minimum Gasteiger partial charge on any atom is -0.420 e. The summed E-state index contributed by atoms with van der Waals surface area (Å²) in [6.07, 6.45) is 1.03. The molecule has 0 spiro atoms. The van der Waals surface area contributed by atoms with Crippen molar-refractivity contribution in [1.82, 2.24) is 14.5 Å². The van der Waals surface area contributed by atoms with Crippen LogP contribution in [0.2, 0.25) is 0 Å². The number of sulfonamides is 1. The Morgan fingerprint density at radius 3 is 2.55 bits per heavy atom. The zero-order valence-electron chi connectivity index (χ0n) is 13.1. The zero-order valence-corrected chi connectivity index (χ0v) is 13.9. The van der Waals surface area contributed by atoms with Gasteiger partial charge in [0.05, 0.1) is 4.90 Å². The summed E-state index contributed by atoms with van der Waals surface area (Å²) in [5.74, 6) is 1.27. The van der Waals surface area contributed by atoms with Gasteiger partial charge in [0.1, 0.15) is 0 Å². The molecule has 22 heavy (non-hydrogen) atoms. The molecule has 1 aliphatic carbocycles. The summed E-state index contributed by atoms with van der Waals surface area (Å²) in [5, 5.41) is 8.16. The maximum atomic E-state index is 12.2. The van der Waals surface area contributed by atoms with Gasteiger partial charge in [0.2, 0.25) is 21.8 Å². The summed E-state index contributed by atoms with van der Waals surface area (Å²) < 4.78 is 31.3. The van der Waals surface area contributed by atoms with E-state index < -0.39 is 10.0 Å². The Labute approximate surface area is 130 Å². The molecule has 1 fully saturated rings. The van der Waals surface area contributed by atoms with Crippen LogP contribution in [-0.4, -0.2) is 37.0 Å². The lowest BCUT2D eigenvalue weighted by molar-refractivity contribution is 0.476. The third-order valence-corrected chi connectivity index (χ3v) is 5.92. The fraction of sp³-hybridized carbons (Fsp3) is 0.467. The minimum absolute atomic E-state index is 0.208.